The highest BCUT2D eigenvalue weighted by Crippen LogP contribution is 2.32. The number of alkyl halides is 4. The van der Waals surface area contributed by atoms with E-state index in [0.29, 0.717) is 18.5 Å². The largest absolute Gasteiger partial charge is 0.417 e. The fourth-order valence-corrected chi connectivity index (χ4v) is 1.42. The van der Waals surface area contributed by atoms with Crippen LogP contribution in [0.25, 0.3) is 0 Å². The van der Waals surface area contributed by atoms with Crippen LogP contribution in [0, 0.1) is 0 Å². The van der Waals surface area contributed by atoms with Gasteiger partial charge in [-0.05, 0) is 12.5 Å². The molecule has 0 radical (unpaired) electrons. The molecule has 0 unspecified atom stereocenters. The average Bonchev–Trinajstić information content (AvgIpc) is 2.28. The molecule has 0 spiro atoms. The molecule has 1 heterocycles. The quantitative estimate of drug-likeness (QED) is 0.680. The van der Waals surface area contributed by atoms with Gasteiger partial charge in [-0.2, -0.15) is 13.2 Å². The number of amides is 1. The third kappa shape index (κ3) is 4.34. The van der Waals surface area contributed by atoms with E-state index < -0.39 is 17.6 Å². The number of halogens is 5. The number of nitrogens with zero attached hydrogens (tertiary/aromatic N) is 1. The van der Waals surface area contributed by atoms with E-state index in [-0.39, 0.29) is 17.3 Å². The molecule has 3 nitrogen and oxygen atoms in total. The third-order valence-corrected chi connectivity index (χ3v) is 2.55. The number of pyridine rings is 1. The van der Waals surface area contributed by atoms with E-state index in [0.717, 1.165) is 6.07 Å². The van der Waals surface area contributed by atoms with Gasteiger partial charge in [0.05, 0.1) is 11.3 Å². The Morgan fingerprint density at radius 3 is 2.67 bits per heavy atom. The topological polar surface area (TPSA) is 42.0 Å². The summed E-state index contributed by atoms with van der Waals surface area (Å²) >= 11 is 11.0. The molecule has 0 bridgehead atoms. The predicted molar refractivity (Wildman–Crippen MR) is 62.8 cm³/mol. The molecule has 1 aromatic rings. The second kappa shape index (κ2) is 6.24. The molecule has 1 N–H and O–H groups in total. The summed E-state index contributed by atoms with van der Waals surface area (Å²) < 4.78 is 37.3. The molecule has 0 aromatic carbocycles. The minimum Gasteiger partial charge on any atom is -0.323 e. The lowest BCUT2D eigenvalue weighted by atomic mass is 10.2. The lowest BCUT2D eigenvalue weighted by Gasteiger charge is -2.10. The zero-order valence-corrected chi connectivity index (χ0v) is 10.5. The molecule has 0 atom stereocenters. The minimum absolute atomic E-state index is 0.107. The van der Waals surface area contributed by atoms with Crippen LogP contribution in [-0.4, -0.2) is 16.8 Å². The number of rotatable bonds is 4. The van der Waals surface area contributed by atoms with Gasteiger partial charge in [0.25, 0.3) is 0 Å². The molecule has 0 fully saturated rings. The van der Waals surface area contributed by atoms with Crippen molar-refractivity contribution in [1.29, 1.82) is 0 Å². The zero-order chi connectivity index (χ0) is 13.8. The van der Waals surface area contributed by atoms with Crippen molar-refractivity contribution in [3.8, 4) is 0 Å². The van der Waals surface area contributed by atoms with Crippen molar-refractivity contribution < 1.29 is 18.0 Å². The van der Waals surface area contributed by atoms with Gasteiger partial charge >= 0.3 is 6.18 Å². The Bertz CT molecular complexity index is 438. The molecular formula is C10H9Cl2F3N2O. The fraction of sp³-hybridized carbons (Fsp3) is 0.400. The summed E-state index contributed by atoms with van der Waals surface area (Å²) in [6.45, 7) is 0. The number of hydrogen-bond donors (Lipinski definition) is 1. The van der Waals surface area contributed by atoms with E-state index in [1.807, 2.05) is 0 Å². The van der Waals surface area contributed by atoms with Gasteiger partial charge in [-0.1, -0.05) is 11.6 Å². The molecule has 0 aliphatic carbocycles. The van der Waals surface area contributed by atoms with Crippen LogP contribution in [0.2, 0.25) is 5.15 Å². The fourth-order valence-electron chi connectivity index (χ4n) is 1.13. The Hall–Kier alpha value is -1.01. The summed E-state index contributed by atoms with van der Waals surface area (Å²) in [4.78, 5) is 14.7. The van der Waals surface area contributed by atoms with Gasteiger partial charge in [0.1, 0.15) is 0 Å². The Kier molecular flexibility index (Phi) is 5.22. The molecule has 0 saturated carbocycles. The number of carbonyl (C=O) groups is 1. The van der Waals surface area contributed by atoms with Gasteiger partial charge in [-0.15, -0.1) is 11.6 Å². The summed E-state index contributed by atoms with van der Waals surface area (Å²) in [5.74, 6) is -0.166. The summed E-state index contributed by atoms with van der Waals surface area (Å²) in [7, 11) is 0. The molecule has 0 aliphatic rings. The van der Waals surface area contributed by atoms with Gasteiger partial charge in [0.15, 0.2) is 5.15 Å². The Morgan fingerprint density at radius 2 is 2.11 bits per heavy atom. The first-order valence-electron chi connectivity index (χ1n) is 4.93. The maximum Gasteiger partial charge on any atom is 0.417 e. The van der Waals surface area contributed by atoms with Crippen LogP contribution in [0.1, 0.15) is 18.4 Å². The van der Waals surface area contributed by atoms with Crippen molar-refractivity contribution in [2.75, 3.05) is 11.2 Å². The molecule has 18 heavy (non-hydrogen) atoms. The number of anilines is 1. The standard InChI is InChI=1S/C10H9Cl2F3N2O/c11-3-1-2-8(18)17-7-4-6(10(13,14)15)5-16-9(7)12/h4-5H,1-3H2,(H,17,18). The summed E-state index contributed by atoms with van der Waals surface area (Å²) in [6.07, 6.45) is -3.39. The van der Waals surface area contributed by atoms with Crippen molar-refractivity contribution >= 4 is 34.8 Å². The first-order chi connectivity index (χ1) is 8.34. The lowest BCUT2D eigenvalue weighted by Crippen LogP contribution is -2.14. The van der Waals surface area contributed by atoms with Crippen LogP contribution in [0.15, 0.2) is 12.3 Å². The Morgan fingerprint density at radius 1 is 1.44 bits per heavy atom. The highest BCUT2D eigenvalue weighted by Gasteiger charge is 2.31. The lowest BCUT2D eigenvalue weighted by molar-refractivity contribution is -0.137. The van der Waals surface area contributed by atoms with Crippen LogP contribution in [0.5, 0.6) is 0 Å². The maximum atomic E-state index is 12.4. The number of carbonyl (C=O) groups excluding carboxylic acids is 1. The highest BCUT2D eigenvalue weighted by molar-refractivity contribution is 6.32. The van der Waals surface area contributed by atoms with E-state index in [2.05, 4.69) is 10.3 Å². The van der Waals surface area contributed by atoms with Gasteiger partial charge in [0.2, 0.25) is 5.91 Å². The first-order valence-corrected chi connectivity index (χ1v) is 5.84. The monoisotopic (exact) mass is 300 g/mol. The summed E-state index contributed by atoms with van der Waals surface area (Å²) in [6, 6.07) is 0.744. The highest BCUT2D eigenvalue weighted by atomic mass is 35.5. The molecule has 1 aromatic heterocycles. The summed E-state index contributed by atoms with van der Waals surface area (Å²) in [5.41, 5.74) is -1.13. The maximum absolute atomic E-state index is 12.4. The van der Waals surface area contributed by atoms with Crippen molar-refractivity contribution in [2.45, 2.75) is 19.0 Å². The van der Waals surface area contributed by atoms with Gasteiger partial charge < -0.3 is 5.32 Å². The zero-order valence-electron chi connectivity index (χ0n) is 9.02. The van der Waals surface area contributed by atoms with Gasteiger partial charge in [-0.25, -0.2) is 4.98 Å². The molecular weight excluding hydrogens is 292 g/mol. The van der Waals surface area contributed by atoms with E-state index in [1.54, 1.807) is 0 Å². The van der Waals surface area contributed by atoms with Crippen LogP contribution in [0.3, 0.4) is 0 Å². The molecule has 0 aliphatic heterocycles. The van der Waals surface area contributed by atoms with E-state index in [9.17, 15) is 18.0 Å². The van der Waals surface area contributed by atoms with E-state index in [1.165, 1.54) is 0 Å². The molecule has 8 heteroatoms. The molecule has 100 valence electrons. The van der Waals surface area contributed by atoms with Crippen molar-refractivity contribution in [3.05, 3.63) is 23.0 Å². The van der Waals surface area contributed by atoms with Gasteiger partial charge in [-0.3, -0.25) is 4.79 Å². The number of aromatic nitrogens is 1. The number of hydrogen-bond acceptors (Lipinski definition) is 2. The van der Waals surface area contributed by atoms with Crippen LogP contribution in [0.4, 0.5) is 18.9 Å². The summed E-state index contributed by atoms with van der Waals surface area (Å²) in [5, 5.41) is 2.07. The average molecular weight is 301 g/mol. The second-order valence-electron chi connectivity index (χ2n) is 3.40. The van der Waals surface area contributed by atoms with Gasteiger partial charge in [0, 0.05) is 18.5 Å². The van der Waals surface area contributed by atoms with E-state index in [4.69, 9.17) is 23.2 Å². The Balaban J connectivity index is 2.85. The minimum atomic E-state index is -4.53. The van der Waals surface area contributed by atoms with Crippen molar-refractivity contribution in [3.63, 3.8) is 0 Å². The molecule has 1 rings (SSSR count). The SMILES string of the molecule is O=C(CCCCl)Nc1cc(C(F)(F)F)cnc1Cl. The van der Waals surface area contributed by atoms with Crippen LogP contribution >= 0.6 is 23.2 Å². The molecule has 1 amide bonds. The Labute approximate surface area is 111 Å². The predicted octanol–water partition coefficient (Wildman–Crippen LogP) is 3.71. The second-order valence-corrected chi connectivity index (χ2v) is 4.14. The smallest absolute Gasteiger partial charge is 0.323 e. The molecule has 0 saturated heterocycles. The third-order valence-electron chi connectivity index (χ3n) is 1.98. The van der Waals surface area contributed by atoms with Crippen LogP contribution in [-0.2, 0) is 11.0 Å². The van der Waals surface area contributed by atoms with E-state index >= 15 is 0 Å². The normalized spacial score (nSPS) is 11.4. The van der Waals surface area contributed by atoms with Crippen molar-refractivity contribution in [1.82, 2.24) is 4.98 Å². The first kappa shape index (κ1) is 15.0. The van der Waals surface area contributed by atoms with Crippen LogP contribution < -0.4 is 5.32 Å². The van der Waals surface area contributed by atoms with Crippen molar-refractivity contribution in [2.24, 2.45) is 0 Å². The number of nitrogens with one attached hydrogen (secondary N) is 1.